The highest BCUT2D eigenvalue weighted by atomic mass is 79.9. The van der Waals surface area contributed by atoms with Crippen LogP contribution in [-0.2, 0) is 0 Å². The van der Waals surface area contributed by atoms with Gasteiger partial charge >= 0.3 is 0 Å². The van der Waals surface area contributed by atoms with Crippen LogP contribution in [0.1, 0.15) is 17.3 Å². The minimum Gasteiger partial charge on any atom is -0.337 e. The molecule has 2 rings (SSSR count). The summed E-state index contributed by atoms with van der Waals surface area (Å²) in [6.45, 7) is 3.46. The Bertz CT molecular complexity index is 440. The van der Waals surface area contributed by atoms with E-state index in [0.29, 0.717) is 18.0 Å². The van der Waals surface area contributed by atoms with E-state index in [1.165, 1.54) is 0 Å². The first-order valence-corrected chi connectivity index (χ1v) is 7.07. The van der Waals surface area contributed by atoms with E-state index >= 15 is 0 Å². The van der Waals surface area contributed by atoms with Gasteiger partial charge in [0.05, 0.1) is 5.56 Å². The zero-order chi connectivity index (χ0) is 12.6. The van der Waals surface area contributed by atoms with Gasteiger partial charge in [-0.25, -0.2) is 0 Å². The van der Waals surface area contributed by atoms with Crippen LogP contribution >= 0.6 is 31.9 Å². The van der Waals surface area contributed by atoms with Crippen molar-refractivity contribution in [3.05, 3.63) is 32.7 Å². The highest BCUT2D eigenvalue weighted by Gasteiger charge is 2.30. The van der Waals surface area contributed by atoms with Gasteiger partial charge in [-0.3, -0.25) is 4.79 Å². The van der Waals surface area contributed by atoms with Crippen molar-refractivity contribution in [3.63, 3.8) is 0 Å². The van der Waals surface area contributed by atoms with E-state index in [4.69, 9.17) is 5.73 Å². The summed E-state index contributed by atoms with van der Waals surface area (Å²) < 4.78 is 1.76. The lowest BCUT2D eigenvalue weighted by Crippen LogP contribution is -2.32. The number of likely N-dealkylation sites (tertiary alicyclic amines) is 1. The van der Waals surface area contributed by atoms with Crippen molar-refractivity contribution in [3.8, 4) is 0 Å². The molecule has 92 valence electrons. The fourth-order valence-electron chi connectivity index (χ4n) is 1.99. The summed E-state index contributed by atoms with van der Waals surface area (Å²) in [6, 6.07) is 5.67. The third-order valence-corrected chi connectivity index (χ3v) is 4.27. The van der Waals surface area contributed by atoms with Crippen LogP contribution in [0.5, 0.6) is 0 Å². The molecule has 0 aliphatic carbocycles. The molecule has 2 N–H and O–H groups in total. The Balaban J connectivity index is 2.20. The summed E-state index contributed by atoms with van der Waals surface area (Å²) >= 11 is 6.79. The van der Waals surface area contributed by atoms with E-state index in [1.54, 1.807) is 0 Å². The third-order valence-electron chi connectivity index (χ3n) is 3.12. The van der Waals surface area contributed by atoms with Gasteiger partial charge in [-0.05, 0) is 40.0 Å². The van der Waals surface area contributed by atoms with Gasteiger partial charge in [-0.2, -0.15) is 0 Å². The maximum absolute atomic E-state index is 12.3. The van der Waals surface area contributed by atoms with E-state index < -0.39 is 0 Å². The van der Waals surface area contributed by atoms with Gasteiger partial charge in [-0.1, -0.05) is 22.9 Å². The van der Waals surface area contributed by atoms with E-state index in [1.807, 2.05) is 23.1 Å². The van der Waals surface area contributed by atoms with Gasteiger partial charge in [0.15, 0.2) is 0 Å². The molecular weight excluding hydrogens is 348 g/mol. The number of rotatable bonds is 1. The Morgan fingerprint density at radius 2 is 2.12 bits per heavy atom. The van der Waals surface area contributed by atoms with Crippen molar-refractivity contribution in [2.24, 2.45) is 11.7 Å². The molecule has 1 aromatic carbocycles. The number of hydrogen-bond acceptors (Lipinski definition) is 2. The molecule has 1 heterocycles. The van der Waals surface area contributed by atoms with Gasteiger partial charge in [-0.15, -0.1) is 0 Å². The average molecular weight is 362 g/mol. The number of halogens is 2. The molecule has 2 unspecified atom stereocenters. The normalized spacial score (nSPS) is 24.1. The Kier molecular flexibility index (Phi) is 3.90. The van der Waals surface area contributed by atoms with Crippen LogP contribution < -0.4 is 5.73 Å². The zero-order valence-corrected chi connectivity index (χ0v) is 12.7. The Morgan fingerprint density at radius 1 is 1.41 bits per heavy atom. The topological polar surface area (TPSA) is 46.3 Å². The molecule has 17 heavy (non-hydrogen) atoms. The molecular formula is C12H14Br2N2O. The first kappa shape index (κ1) is 13.1. The number of nitrogens with two attached hydrogens (primary N) is 1. The lowest BCUT2D eigenvalue weighted by atomic mass is 10.1. The molecule has 1 fully saturated rings. The van der Waals surface area contributed by atoms with Crippen molar-refractivity contribution in [1.29, 1.82) is 0 Å². The van der Waals surface area contributed by atoms with Crippen LogP contribution in [0.15, 0.2) is 27.1 Å². The second-order valence-electron chi connectivity index (χ2n) is 4.48. The largest absolute Gasteiger partial charge is 0.337 e. The predicted molar refractivity (Wildman–Crippen MR) is 74.9 cm³/mol. The number of carbonyl (C=O) groups is 1. The quantitative estimate of drug-likeness (QED) is 0.835. The van der Waals surface area contributed by atoms with Gasteiger partial charge in [0.2, 0.25) is 0 Å². The van der Waals surface area contributed by atoms with Gasteiger partial charge in [0, 0.05) is 28.1 Å². The van der Waals surface area contributed by atoms with Gasteiger partial charge in [0.25, 0.3) is 5.91 Å². The van der Waals surface area contributed by atoms with Crippen molar-refractivity contribution < 1.29 is 4.79 Å². The van der Waals surface area contributed by atoms with Crippen molar-refractivity contribution in [1.82, 2.24) is 4.90 Å². The molecule has 5 heteroatoms. The summed E-state index contributed by atoms with van der Waals surface area (Å²) in [5, 5.41) is 0. The molecule has 1 aliphatic heterocycles. The molecule has 0 saturated carbocycles. The molecule has 1 amide bonds. The molecule has 1 aromatic rings. The third kappa shape index (κ3) is 2.72. The van der Waals surface area contributed by atoms with Crippen LogP contribution in [0.25, 0.3) is 0 Å². The van der Waals surface area contributed by atoms with Crippen LogP contribution in [0, 0.1) is 5.92 Å². The van der Waals surface area contributed by atoms with E-state index in [-0.39, 0.29) is 11.9 Å². The standard InChI is InChI=1S/C12H14Br2N2O/c1-7-5-16(6-11(7)15)12(17)9-3-2-8(13)4-10(9)14/h2-4,7,11H,5-6,15H2,1H3. The van der Waals surface area contributed by atoms with Crippen LogP contribution in [0.4, 0.5) is 0 Å². The lowest BCUT2D eigenvalue weighted by Gasteiger charge is -2.16. The summed E-state index contributed by atoms with van der Waals surface area (Å²) in [5.41, 5.74) is 6.62. The van der Waals surface area contributed by atoms with E-state index in [0.717, 1.165) is 15.5 Å². The number of amides is 1. The fourth-order valence-corrected chi connectivity index (χ4v) is 3.21. The molecule has 0 radical (unpaired) electrons. The molecule has 0 bridgehead atoms. The maximum atomic E-state index is 12.3. The van der Waals surface area contributed by atoms with Gasteiger partial charge in [0.1, 0.15) is 0 Å². The Labute approximate surface area is 118 Å². The number of hydrogen-bond donors (Lipinski definition) is 1. The second kappa shape index (κ2) is 5.08. The molecule has 0 aromatic heterocycles. The summed E-state index contributed by atoms with van der Waals surface area (Å²) in [5.74, 6) is 0.414. The number of carbonyl (C=O) groups excluding carboxylic acids is 1. The molecule has 0 spiro atoms. The van der Waals surface area contributed by atoms with E-state index in [9.17, 15) is 4.79 Å². The van der Waals surface area contributed by atoms with E-state index in [2.05, 4.69) is 38.8 Å². The fraction of sp³-hybridized carbons (Fsp3) is 0.417. The first-order valence-electron chi connectivity index (χ1n) is 5.49. The van der Waals surface area contributed by atoms with Crippen molar-refractivity contribution in [2.45, 2.75) is 13.0 Å². The summed E-state index contributed by atoms with van der Waals surface area (Å²) in [6.07, 6.45) is 0. The monoisotopic (exact) mass is 360 g/mol. The number of benzene rings is 1. The highest BCUT2D eigenvalue weighted by Crippen LogP contribution is 2.25. The Morgan fingerprint density at radius 3 is 2.65 bits per heavy atom. The minimum atomic E-state index is 0.0455. The zero-order valence-electron chi connectivity index (χ0n) is 9.49. The minimum absolute atomic E-state index is 0.0455. The average Bonchev–Trinajstić information content (AvgIpc) is 2.58. The molecule has 1 aliphatic rings. The Hall–Kier alpha value is -0.390. The SMILES string of the molecule is CC1CN(C(=O)c2ccc(Br)cc2Br)CC1N. The van der Waals surface area contributed by atoms with Crippen LogP contribution in [0.2, 0.25) is 0 Å². The van der Waals surface area contributed by atoms with Crippen molar-refractivity contribution >= 4 is 37.8 Å². The van der Waals surface area contributed by atoms with Crippen LogP contribution in [-0.4, -0.2) is 29.9 Å². The van der Waals surface area contributed by atoms with Crippen LogP contribution in [0.3, 0.4) is 0 Å². The molecule has 1 saturated heterocycles. The predicted octanol–water partition coefficient (Wildman–Crippen LogP) is 2.63. The lowest BCUT2D eigenvalue weighted by molar-refractivity contribution is 0.0786. The number of nitrogens with zero attached hydrogens (tertiary/aromatic N) is 1. The smallest absolute Gasteiger partial charge is 0.255 e. The maximum Gasteiger partial charge on any atom is 0.255 e. The summed E-state index contributed by atoms with van der Waals surface area (Å²) in [4.78, 5) is 14.1. The first-order chi connectivity index (χ1) is 7.99. The van der Waals surface area contributed by atoms with Gasteiger partial charge < -0.3 is 10.6 Å². The second-order valence-corrected chi connectivity index (χ2v) is 6.25. The molecule has 3 nitrogen and oxygen atoms in total. The van der Waals surface area contributed by atoms with Crippen molar-refractivity contribution in [2.75, 3.05) is 13.1 Å². The molecule has 2 atom stereocenters. The highest BCUT2D eigenvalue weighted by molar-refractivity contribution is 9.11. The summed E-state index contributed by atoms with van der Waals surface area (Å²) in [7, 11) is 0.